The molecule has 0 aliphatic heterocycles. The van der Waals surface area contributed by atoms with E-state index in [2.05, 4.69) is 15.0 Å². The number of halogens is 2. The Hall–Kier alpha value is -4.53. The number of carbonyl (C=O) groups is 1. The molecule has 7 nitrogen and oxygen atoms in total. The number of nitrogens with zero attached hydrogens (tertiary/aromatic N) is 3. The largest absolute Gasteiger partial charge is 0.493 e. The van der Waals surface area contributed by atoms with E-state index in [9.17, 15) is 13.6 Å². The zero-order valence-electron chi connectivity index (χ0n) is 19.5. The maximum Gasteiger partial charge on any atom is 0.387 e. The summed E-state index contributed by atoms with van der Waals surface area (Å²) < 4.78 is 36.3. The van der Waals surface area contributed by atoms with Crippen molar-refractivity contribution in [3.05, 3.63) is 96.5 Å². The van der Waals surface area contributed by atoms with Crippen molar-refractivity contribution in [1.82, 2.24) is 20.1 Å². The number of benzene rings is 2. The van der Waals surface area contributed by atoms with Gasteiger partial charge in [-0.15, -0.1) is 0 Å². The number of rotatable bonds is 10. The van der Waals surface area contributed by atoms with E-state index in [4.69, 9.17) is 9.84 Å². The molecule has 0 saturated heterocycles. The third kappa shape index (κ3) is 6.32. The summed E-state index contributed by atoms with van der Waals surface area (Å²) in [6.45, 7) is -2.59. The number of nitrogens with one attached hydrogen (secondary N) is 1. The molecule has 0 atom stereocenters. The number of pyridine rings is 1. The van der Waals surface area contributed by atoms with E-state index < -0.39 is 6.61 Å². The van der Waals surface area contributed by atoms with E-state index in [1.807, 2.05) is 48.7 Å². The minimum absolute atomic E-state index is 0.0383. The van der Waals surface area contributed by atoms with Crippen LogP contribution in [0.4, 0.5) is 8.78 Å². The van der Waals surface area contributed by atoms with Crippen molar-refractivity contribution in [3.8, 4) is 28.4 Å². The van der Waals surface area contributed by atoms with Crippen molar-refractivity contribution in [2.24, 2.45) is 0 Å². The second-order valence-corrected chi connectivity index (χ2v) is 7.69. The average molecular weight is 491 g/mol. The van der Waals surface area contributed by atoms with E-state index in [-0.39, 0.29) is 17.4 Å². The highest BCUT2D eigenvalue weighted by atomic mass is 19.3. The summed E-state index contributed by atoms with van der Waals surface area (Å²) in [5, 5.41) is 7.52. The number of para-hydroxylation sites is 1. The van der Waals surface area contributed by atoms with Crippen molar-refractivity contribution >= 4 is 12.0 Å². The highest BCUT2D eigenvalue weighted by Gasteiger charge is 2.12. The molecule has 36 heavy (non-hydrogen) atoms. The molecule has 1 amide bonds. The summed E-state index contributed by atoms with van der Waals surface area (Å²) in [6.07, 6.45) is 8.92. The van der Waals surface area contributed by atoms with E-state index in [0.717, 1.165) is 22.4 Å². The number of ether oxygens (including phenoxy) is 2. The first-order valence-electron chi connectivity index (χ1n) is 11.2. The third-order valence-corrected chi connectivity index (χ3v) is 5.27. The van der Waals surface area contributed by atoms with Crippen LogP contribution in [-0.2, 0) is 11.2 Å². The lowest BCUT2D eigenvalue weighted by Crippen LogP contribution is -2.23. The predicted octanol–water partition coefficient (Wildman–Crippen LogP) is 4.92. The normalized spacial score (nSPS) is 11.1. The SMILES string of the molecule is COc1cc(CCNC(=O)/C=C/c2cn(-c3ccccc3)nc2-c2cccnc2)ccc1OC(F)F. The lowest BCUT2D eigenvalue weighted by atomic mass is 10.1. The quantitative estimate of drug-likeness (QED) is 0.320. The van der Waals surface area contributed by atoms with Gasteiger partial charge in [0.15, 0.2) is 11.5 Å². The molecule has 4 rings (SSSR count). The Bertz CT molecular complexity index is 1330. The van der Waals surface area contributed by atoms with Crippen LogP contribution in [0.1, 0.15) is 11.1 Å². The molecular formula is C27H24F2N4O3. The topological polar surface area (TPSA) is 78.3 Å². The molecule has 0 aliphatic rings. The van der Waals surface area contributed by atoms with Crippen molar-refractivity contribution in [1.29, 1.82) is 0 Å². The van der Waals surface area contributed by atoms with Gasteiger partial charge in [-0.1, -0.05) is 24.3 Å². The molecule has 1 N–H and O–H groups in total. The van der Waals surface area contributed by atoms with Gasteiger partial charge in [0.2, 0.25) is 5.91 Å². The number of amides is 1. The zero-order chi connectivity index (χ0) is 25.3. The maximum absolute atomic E-state index is 12.5. The van der Waals surface area contributed by atoms with Gasteiger partial charge >= 0.3 is 6.61 Å². The predicted molar refractivity (Wildman–Crippen MR) is 132 cm³/mol. The Morgan fingerprint density at radius 1 is 1.11 bits per heavy atom. The second kappa shape index (κ2) is 11.7. The number of carbonyl (C=O) groups excluding carboxylic acids is 1. The molecule has 2 aromatic heterocycles. The Morgan fingerprint density at radius 2 is 1.94 bits per heavy atom. The molecule has 184 valence electrons. The summed E-state index contributed by atoms with van der Waals surface area (Å²) in [5.41, 5.74) is 4.00. The molecule has 0 radical (unpaired) electrons. The zero-order valence-corrected chi connectivity index (χ0v) is 19.5. The minimum atomic E-state index is -2.94. The van der Waals surface area contributed by atoms with Crippen LogP contribution < -0.4 is 14.8 Å². The Kier molecular flexibility index (Phi) is 8.02. The Morgan fingerprint density at radius 3 is 2.67 bits per heavy atom. The van der Waals surface area contributed by atoms with Crippen molar-refractivity contribution < 1.29 is 23.0 Å². The fourth-order valence-corrected chi connectivity index (χ4v) is 3.56. The van der Waals surface area contributed by atoms with Gasteiger partial charge in [0.1, 0.15) is 5.69 Å². The number of hydrogen-bond acceptors (Lipinski definition) is 5. The number of hydrogen-bond donors (Lipinski definition) is 1. The molecule has 0 bridgehead atoms. The van der Waals surface area contributed by atoms with E-state index in [1.165, 1.54) is 19.3 Å². The molecule has 4 aromatic rings. The highest BCUT2D eigenvalue weighted by Crippen LogP contribution is 2.29. The van der Waals surface area contributed by atoms with Gasteiger partial charge in [0, 0.05) is 42.3 Å². The lowest BCUT2D eigenvalue weighted by Gasteiger charge is -2.11. The molecule has 0 spiro atoms. The fraction of sp³-hybridized carbons (Fsp3) is 0.148. The summed E-state index contributed by atoms with van der Waals surface area (Å²) in [5.74, 6) is -0.106. The fourth-order valence-electron chi connectivity index (χ4n) is 3.56. The number of alkyl halides is 2. The molecular weight excluding hydrogens is 466 g/mol. The average Bonchev–Trinajstić information content (AvgIpc) is 3.33. The van der Waals surface area contributed by atoms with Gasteiger partial charge in [-0.2, -0.15) is 13.9 Å². The van der Waals surface area contributed by atoms with Crippen LogP contribution in [-0.4, -0.2) is 40.9 Å². The molecule has 2 aromatic carbocycles. The van der Waals surface area contributed by atoms with Crippen molar-refractivity contribution in [2.75, 3.05) is 13.7 Å². The summed E-state index contributed by atoms with van der Waals surface area (Å²) in [4.78, 5) is 16.6. The summed E-state index contributed by atoms with van der Waals surface area (Å²) in [6, 6.07) is 18.1. The first-order valence-corrected chi connectivity index (χ1v) is 11.2. The van der Waals surface area contributed by atoms with Gasteiger partial charge in [-0.3, -0.25) is 9.78 Å². The van der Waals surface area contributed by atoms with Crippen LogP contribution in [0.15, 0.2) is 85.3 Å². The van der Waals surface area contributed by atoms with Gasteiger partial charge < -0.3 is 14.8 Å². The molecule has 9 heteroatoms. The van der Waals surface area contributed by atoms with Crippen LogP contribution in [0.3, 0.4) is 0 Å². The molecule has 0 aliphatic carbocycles. The number of aromatic nitrogens is 3. The van der Waals surface area contributed by atoms with Crippen LogP contribution in [0.5, 0.6) is 11.5 Å². The third-order valence-electron chi connectivity index (χ3n) is 5.27. The summed E-state index contributed by atoms with van der Waals surface area (Å²) in [7, 11) is 1.38. The lowest BCUT2D eigenvalue weighted by molar-refractivity contribution is -0.116. The van der Waals surface area contributed by atoms with Crippen LogP contribution >= 0.6 is 0 Å². The maximum atomic E-state index is 12.5. The van der Waals surface area contributed by atoms with Crippen molar-refractivity contribution in [2.45, 2.75) is 13.0 Å². The highest BCUT2D eigenvalue weighted by molar-refractivity contribution is 5.92. The summed E-state index contributed by atoms with van der Waals surface area (Å²) >= 11 is 0. The first-order chi connectivity index (χ1) is 17.5. The van der Waals surface area contributed by atoms with Gasteiger partial charge in [-0.05, 0) is 54.5 Å². The Labute approximate surface area is 207 Å². The van der Waals surface area contributed by atoms with E-state index >= 15 is 0 Å². The van der Waals surface area contributed by atoms with Crippen LogP contribution in [0, 0.1) is 0 Å². The molecule has 0 unspecified atom stereocenters. The second-order valence-electron chi connectivity index (χ2n) is 7.69. The van der Waals surface area contributed by atoms with E-state index in [1.54, 1.807) is 35.3 Å². The molecule has 0 saturated carbocycles. The minimum Gasteiger partial charge on any atom is -0.493 e. The number of methoxy groups -OCH3 is 1. The Balaban J connectivity index is 1.43. The molecule has 0 fully saturated rings. The molecule has 2 heterocycles. The van der Waals surface area contributed by atoms with Crippen LogP contribution in [0.2, 0.25) is 0 Å². The monoisotopic (exact) mass is 490 g/mol. The van der Waals surface area contributed by atoms with Gasteiger partial charge in [0.25, 0.3) is 0 Å². The van der Waals surface area contributed by atoms with Gasteiger partial charge in [-0.25, -0.2) is 4.68 Å². The van der Waals surface area contributed by atoms with Gasteiger partial charge in [0.05, 0.1) is 12.8 Å². The smallest absolute Gasteiger partial charge is 0.387 e. The van der Waals surface area contributed by atoms with Crippen molar-refractivity contribution in [3.63, 3.8) is 0 Å². The van der Waals surface area contributed by atoms with Crippen LogP contribution in [0.25, 0.3) is 23.0 Å². The van der Waals surface area contributed by atoms with E-state index in [0.29, 0.717) is 18.7 Å². The standard InChI is InChI=1S/C27H24F2N4O3/c1-35-24-16-19(9-11-23(24)36-27(28)29)13-15-31-25(34)12-10-21-18-33(22-7-3-2-4-8-22)32-26(21)20-6-5-14-30-17-20/h2-12,14,16-18,27H,13,15H2,1H3,(H,31,34)/b12-10+. The first kappa shape index (κ1) is 24.6.